The first-order valence-corrected chi connectivity index (χ1v) is 8.55. The van der Waals surface area contributed by atoms with Crippen LogP contribution in [0.3, 0.4) is 0 Å². The van der Waals surface area contributed by atoms with Gasteiger partial charge in [0.1, 0.15) is 21.4 Å². The third-order valence-electron chi connectivity index (χ3n) is 3.55. The molecule has 0 spiro atoms. The fourth-order valence-corrected chi connectivity index (χ4v) is 2.79. The largest absolute Gasteiger partial charge is 0.477 e. The zero-order chi connectivity index (χ0) is 15.7. The van der Waals surface area contributed by atoms with E-state index in [2.05, 4.69) is 15.3 Å². The van der Waals surface area contributed by atoms with E-state index < -0.39 is 21.3 Å². The lowest BCUT2D eigenvalue weighted by Gasteiger charge is -2.40. The van der Waals surface area contributed by atoms with E-state index in [1.165, 1.54) is 6.20 Å². The summed E-state index contributed by atoms with van der Waals surface area (Å²) < 4.78 is 22.1. The van der Waals surface area contributed by atoms with E-state index >= 15 is 0 Å². The summed E-state index contributed by atoms with van der Waals surface area (Å²) >= 11 is 0. The monoisotopic (exact) mass is 315 g/mol. The van der Waals surface area contributed by atoms with Crippen LogP contribution in [0.5, 0.6) is 0 Å². The van der Waals surface area contributed by atoms with Gasteiger partial charge in [0.25, 0.3) is 0 Å². The van der Waals surface area contributed by atoms with Crippen molar-refractivity contribution in [3.8, 4) is 0 Å². The topological polar surface area (TPSA) is 129 Å². The lowest BCUT2D eigenvalue weighted by atomic mass is 9.76. The predicted octanol–water partition coefficient (Wildman–Crippen LogP) is 0.0380. The van der Waals surface area contributed by atoms with Gasteiger partial charge in [-0.25, -0.2) is 18.2 Å². The summed E-state index contributed by atoms with van der Waals surface area (Å²) in [5.74, 6) is -1.31. The van der Waals surface area contributed by atoms with Gasteiger partial charge in [0.05, 0.1) is 17.5 Å². The van der Waals surface area contributed by atoms with Gasteiger partial charge in [-0.3, -0.25) is 4.79 Å². The van der Waals surface area contributed by atoms with E-state index in [0.717, 1.165) is 12.7 Å². The van der Waals surface area contributed by atoms with E-state index in [0.29, 0.717) is 18.7 Å². The summed E-state index contributed by atoms with van der Waals surface area (Å²) in [6, 6.07) is 0. The van der Waals surface area contributed by atoms with E-state index in [1.807, 2.05) is 0 Å². The number of H-pyrrole nitrogens is 1. The number of aromatic carboxylic acids is 1. The van der Waals surface area contributed by atoms with Crippen molar-refractivity contribution in [2.75, 3.05) is 12.0 Å². The Balaban J connectivity index is 2.07. The molecule has 1 fully saturated rings. The molecule has 0 aromatic carbocycles. The number of rotatable bonds is 6. The van der Waals surface area contributed by atoms with Gasteiger partial charge in [0.15, 0.2) is 0 Å². The second kappa shape index (κ2) is 5.47. The first-order valence-electron chi connectivity index (χ1n) is 6.49. The number of hydrogen-bond acceptors (Lipinski definition) is 5. The fraction of sp³-hybridized carbons (Fsp3) is 0.583. The van der Waals surface area contributed by atoms with Crippen LogP contribution >= 0.6 is 0 Å². The highest BCUT2D eigenvalue weighted by Gasteiger charge is 2.42. The molecular weight excluding hydrogens is 298 g/mol. The van der Waals surface area contributed by atoms with Crippen LogP contribution in [0, 0.1) is 0 Å². The molecule has 1 aliphatic carbocycles. The molecule has 0 radical (unpaired) electrons. The second-order valence-electron chi connectivity index (χ2n) is 5.31. The summed E-state index contributed by atoms with van der Waals surface area (Å²) in [5, 5.41) is 11.7. The number of carboxylic acid groups (broad SMARTS) is 1. The molecule has 116 valence electrons. The Morgan fingerprint density at radius 2 is 2.14 bits per heavy atom. The molecule has 0 atom stereocenters. The summed E-state index contributed by atoms with van der Waals surface area (Å²) in [7, 11) is -3.20. The highest BCUT2D eigenvalue weighted by Crippen LogP contribution is 2.39. The minimum atomic E-state index is -3.20. The zero-order valence-corrected chi connectivity index (χ0v) is 12.4. The smallest absolute Gasteiger partial charge is 0.353 e. The quantitative estimate of drug-likeness (QED) is 0.679. The van der Waals surface area contributed by atoms with Gasteiger partial charge in [-0.1, -0.05) is 0 Å². The number of carbonyl (C=O) groups is 2. The van der Waals surface area contributed by atoms with Gasteiger partial charge in [-0.2, -0.15) is 0 Å². The zero-order valence-electron chi connectivity index (χ0n) is 11.5. The number of imidazole rings is 1. The average molecular weight is 315 g/mol. The minimum absolute atomic E-state index is 0.0401. The molecule has 1 amide bonds. The third kappa shape index (κ3) is 3.60. The molecule has 1 aromatic heterocycles. The maximum atomic E-state index is 11.9. The van der Waals surface area contributed by atoms with Gasteiger partial charge in [0.2, 0.25) is 5.91 Å². The number of aromatic nitrogens is 2. The number of nitrogens with zero attached hydrogens (tertiary/aromatic N) is 1. The van der Waals surface area contributed by atoms with Crippen molar-refractivity contribution in [2.45, 2.75) is 31.2 Å². The van der Waals surface area contributed by atoms with Gasteiger partial charge in [-0.15, -0.1) is 0 Å². The predicted molar refractivity (Wildman–Crippen MR) is 73.5 cm³/mol. The summed E-state index contributed by atoms with van der Waals surface area (Å²) in [6.45, 7) is 0. The summed E-state index contributed by atoms with van der Waals surface area (Å²) in [4.78, 5) is 29.4. The number of aromatic amines is 1. The van der Waals surface area contributed by atoms with Crippen LogP contribution in [-0.4, -0.2) is 47.4 Å². The van der Waals surface area contributed by atoms with Crippen LogP contribution < -0.4 is 5.32 Å². The third-order valence-corrected chi connectivity index (χ3v) is 4.49. The van der Waals surface area contributed by atoms with Crippen molar-refractivity contribution in [1.29, 1.82) is 0 Å². The van der Waals surface area contributed by atoms with Crippen molar-refractivity contribution in [3.05, 3.63) is 17.7 Å². The molecule has 0 unspecified atom stereocenters. The van der Waals surface area contributed by atoms with Gasteiger partial charge in [0, 0.05) is 12.7 Å². The Morgan fingerprint density at radius 3 is 2.57 bits per heavy atom. The minimum Gasteiger partial charge on any atom is -0.477 e. The molecular formula is C12H17N3O5S. The molecule has 21 heavy (non-hydrogen) atoms. The molecule has 1 saturated carbocycles. The Kier molecular flexibility index (Phi) is 4.04. The first-order chi connectivity index (χ1) is 9.72. The van der Waals surface area contributed by atoms with Crippen molar-refractivity contribution in [1.82, 2.24) is 15.3 Å². The van der Waals surface area contributed by atoms with Crippen LogP contribution in [0.4, 0.5) is 0 Å². The molecule has 0 bridgehead atoms. The molecule has 9 heteroatoms. The number of sulfone groups is 1. The van der Waals surface area contributed by atoms with Crippen LogP contribution in [0.2, 0.25) is 0 Å². The molecule has 1 aliphatic rings. The lowest BCUT2D eigenvalue weighted by Crippen LogP contribution is -2.51. The number of carbonyl (C=O) groups excluding carboxylic acids is 1. The van der Waals surface area contributed by atoms with Crippen LogP contribution in [0.15, 0.2) is 6.20 Å². The van der Waals surface area contributed by atoms with E-state index in [1.54, 1.807) is 0 Å². The van der Waals surface area contributed by atoms with Gasteiger partial charge >= 0.3 is 5.97 Å². The summed E-state index contributed by atoms with van der Waals surface area (Å²) in [6.07, 6.45) is 4.34. The normalized spacial score (nSPS) is 17.0. The van der Waals surface area contributed by atoms with Crippen LogP contribution in [0.25, 0.3) is 0 Å². The molecule has 1 heterocycles. The standard InChI is InChI=1S/C12H17N3O5S/c1-21(19,20)6-3-9(16)15-12(4-2-5-12)11-13-7-8(14-11)10(17)18/h7H,2-6H2,1H3,(H,13,14)(H,15,16)(H,17,18). The van der Waals surface area contributed by atoms with Crippen molar-refractivity contribution in [2.24, 2.45) is 0 Å². The maximum Gasteiger partial charge on any atom is 0.353 e. The Bertz CT molecular complexity index is 660. The second-order valence-corrected chi connectivity index (χ2v) is 7.57. The fourth-order valence-electron chi connectivity index (χ4n) is 2.23. The first kappa shape index (κ1) is 15.5. The Morgan fingerprint density at radius 1 is 1.48 bits per heavy atom. The van der Waals surface area contributed by atoms with Gasteiger partial charge < -0.3 is 15.4 Å². The molecule has 1 aromatic rings. The number of amides is 1. The highest BCUT2D eigenvalue weighted by atomic mass is 32.2. The number of nitrogens with one attached hydrogen (secondary N) is 2. The van der Waals surface area contributed by atoms with E-state index in [-0.39, 0.29) is 23.8 Å². The highest BCUT2D eigenvalue weighted by molar-refractivity contribution is 7.90. The van der Waals surface area contributed by atoms with E-state index in [9.17, 15) is 18.0 Å². The molecule has 0 aliphatic heterocycles. The number of hydrogen-bond donors (Lipinski definition) is 3. The summed E-state index contributed by atoms with van der Waals surface area (Å²) in [5.41, 5.74) is -0.746. The maximum absolute atomic E-state index is 11.9. The SMILES string of the molecule is CS(=O)(=O)CCC(=O)NC1(c2ncc(C(=O)O)[nH]2)CCC1. The number of carboxylic acids is 1. The molecule has 0 saturated heterocycles. The molecule has 8 nitrogen and oxygen atoms in total. The molecule has 3 N–H and O–H groups in total. The lowest BCUT2D eigenvalue weighted by molar-refractivity contribution is -0.124. The van der Waals surface area contributed by atoms with Crippen LogP contribution in [0.1, 0.15) is 42.0 Å². The molecule has 2 rings (SSSR count). The van der Waals surface area contributed by atoms with Crippen molar-refractivity contribution >= 4 is 21.7 Å². The van der Waals surface area contributed by atoms with Crippen molar-refractivity contribution in [3.63, 3.8) is 0 Å². The van der Waals surface area contributed by atoms with Crippen LogP contribution in [-0.2, 0) is 20.2 Å². The van der Waals surface area contributed by atoms with Crippen molar-refractivity contribution < 1.29 is 23.1 Å². The van der Waals surface area contributed by atoms with E-state index in [4.69, 9.17) is 5.11 Å². The van der Waals surface area contributed by atoms with Gasteiger partial charge in [-0.05, 0) is 19.3 Å². The average Bonchev–Trinajstić information content (AvgIpc) is 2.80. The Labute approximate surface area is 121 Å². The Hall–Kier alpha value is -1.90.